The molecule has 0 bridgehead atoms. The number of aliphatic hydroxyl groups is 1. The second kappa shape index (κ2) is 7.89. The minimum Gasteiger partial charge on any atom is -0.423 e. The van der Waals surface area contributed by atoms with Crippen LogP contribution < -0.4 is 5.63 Å². The molecule has 0 radical (unpaired) electrons. The van der Waals surface area contributed by atoms with E-state index in [2.05, 4.69) is 22.9 Å². The molecule has 148 valence electrons. The van der Waals surface area contributed by atoms with Crippen molar-refractivity contribution in [1.29, 1.82) is 0 Å². The average molecular weight is 381 g/mol. The van der Waals surface area contributed by atoms with Crippen molar-refractivity contribution in [2.45, 2.75) is 38.8 Å². The molecule has 3 heterocycles. The van der Waals surface area contributed by atoms with Crippen LogP contribution >= 0.6 is 0 Å². The Hall–Kier alpha value is -2.44. The van der Waals surface area contributed by atoms with Gasteiger partial charge in [0.2, 0.25) is 0 Å². The normalized spacial score (nSPS) is 17.2. The van der Waals surface area contributed by atoms with Crippen molar-refractivity contribution in [1.82, 2.24) is 14.5 Å². The summed E-state index contributed by atoms with van der Waals surface area (Å²) in [6, 6.07) is 7.66. The second-order valence-electron chi connectivity index (χ2n) is 7.73. The minimum atomic E-state index is -0.529. The molecule has 4 rings (SSSR count). The molecule has 6 nitrogen and oxygen atoms in total. The predicted molar refractivity (Wildman–Crippen MR) is 108 cm³/mol. The van der Waals surface area contributed by atoms with E-state index in [9.17, 15) is 9.90 Å². The summed E-state index contributed by atoms with van der Waals surface area (Å²) >= 11 is 0. The van der Waals surface area contributed by atoms with Gasteiger partial charge in [-0.05, 0) is 61.5 Å². The lowest BCUT2D eigenvalue weighted by molar-refractivity contribution is 0.0493. The molecular weight excluding hydrogens is 354 g/mol. The third kappa shape index (κ3) is 3.75. The molecule has 1 aliphatic heterocycles. The lowest BCUT2D eigenvalue weighted by Gasteiger charge is -2.34. The van der Waals surface area contributed by atoms with Crippen LogP contribution in [0.25, 0.3) is 11.0 Å². The van der Waals surface area contributed by atoms with Gasteiger partial charge in [-0.1, -0.05) is 13.0 Å². The van der Waals surface area contributed by atoms with Gasteiger partial charge in [0.05, 0.1) is 0 Å². The third-order valence-corrected chi connectivity index (χ3v) is 5.90. The van der Waals surface area contributed by atoms with E-state index in [1.54, 1.807) is 12.3 Å². The number of aromatic nitrogens is 2. The molecule has 2 aromatic heterocycles. The molecule has 28 heavy (non-hydrogen) atoms. The van der Waals surface area contributed by atoms with Crippen LogP contribution in [0, 0.1) is 5.92 Å². The largest absolute Gasteiger partial charge is 0.423 e. The molecule has 0 aliphatic carbocycles. The van der Waals surface area contributed by atoms with E-state index in [0.717, 1.165) is 55.7 Å². The Bertz CT molecular complexity index is 1020. The first kappa shape index (κ1) is 18.9. The maximum absolute atomic E-state index is 12.0. The van der Waals surface area contributed by atoms with E-state index >= 15 is 0 Å². The van der Waals surface area contributed by atoms with E-state index in [4.69, 9.17) is 4.42 Å². The van der Waals surface area contributed by atoms with Gasteiger partial charge < -0.3 is 14.1 Å². The van der Waals surface area contributed by atoms with Gasteiger partial charge in [0.25, 0.3) is 0 Å². The van der Waals surface area contributed by atoms with Crippen LogP contribution in [0.3, 0.4) is 0 Å². The van der Waals surface area contributed by atoms with Crippen LogP contribution in [0.4, 0.5) is 0 Å². The number of hydrogen-bond acceptors (Lipinski definition) is 5. The predicted octanol–water partition coefficient (Wildman–Crippen LogP) is 3.03. The Morgan fingerprint density at radius 1 is 1.29 bits per heavy atom. The summed E-state index contributed by atoms with van der Waals surface area (Å²) in [5, 5.41) is 11.7. The highest BCUT2D eigenvalue weighted by atomic mass is 16.4. The molecule has 1 atom stereocenters. The number of hydrogen-bond donors (Lipinski definition) is 1. The smallest absolute Gasteiger partial charge is 0.336 e. The van der Waals surface area contributed by atoms with Crippen molar-refractivity contribution in [3.63, 3.8) is 0 Å². The van der Waals surface area contributed by atoms with E-state index < -0.39 is 6.10 Å². The zero-order valence-corrected chi connectivity index (χ0v) is 16.5. The zero-order valence-electron chi connectivity index (χ0n) is 16.5. The van der Waals surface area contributed by atoms with Crippen molar-refractivity contribution in [2.75, 3.05) is 13.1 Å². The van der Waals surface area contributed by atoms with Crippen LogP contribution in [0.1, 0.15) is 42.8 Å². The number of nitrogens with zero attached hydrogens (tertiary/aromatic N) is 3. The first-order valence-electron chi connectivity index (χ1n) is 9.98. The molecule has 0 saturated carbocycles. The second-order valence-corrected chi connectivity index (χ2v) is 7.73. The molecule has 1 N–H and O–H groups in total. The summed E-state index contributed by atoms with van der Waals surface area (Å²) in [7, 11) is 1.91. The summed E-state index contributed by atoms with van der Waals surface area (Å²) in [5.41, 5.74) is 2.61. The maximum atomic E-state index is 12.0. The zero-order chi connectivity index (χ0) is 19.7. The number of benzene rings is 1. The average Bonchev–Trinajstić information content (AvgIpc) is 3.13. The molecule has 3 aromatic rings. The molecule has 0 unspecified atom stereocenters. The van der Waals surface area contributed by atoms with Gasteiger partial charge in [-0.3, -0.25) is 4.90 Å². The van der Waals surface area contributed by atoms with Crippen molar-refractivity contribution < 1.29 is 9.52 Å². The number of fused-ring (bicyclic) bond motifs is 1. The van der Waals surface area contributed by atoms with Crippen molar-refractivity contribution >= 4 is 11.0 Å². The number of rotatable bonds is 5. The number of piperidine rings is 1. The van der Waals surface area contributed by atoms with E-state index in [1.807, 2.05) is 29.9 Å². The highest BCUT2D eigenvalue weighted by Crippen LogP contribution is 2.31. The monoisotopic (exact) mass is 381 g/mol. The maximum Gasteiger partial charge on any atom is 0.336 e. The van der Waals surface area contributed by atoms with Crippen LogP contribution in [0.15, 0.2) is 45.9 Å². The van der Waals surface area contributed by atoms with E-state index in [-0.39, 0.29) is 11.5 Å². The Labute approximate surface area is 164 Å². The topological polar surface area (TPSA) is 71.5 Å². The molecule has 1 aromatic carbocycles. The quantitative estimate of drug-likeness (QED) is 0.688. The Morgan fingerprint density at radius 2 is 2.07 bits per heavy atom. The molecule has 1 saturated heterocycles. The number of likely N-dealkylation sites (tertiary alicyclic amines) is 1. The highest BCUT2D eigenvalue weighted by molar-refractivity contribution is 5.80. The summed E-state index contributed by atoms with van der Waals surface area (Å²) in [5.74, 6) is 0.943. The first-order valence-corrected chi connectivity index (χ1v) is 9.98. The fourth-order valence-corrected chi connectivity index (χ4v) is 4.17. The summed E-state index contributed by atoms with van der Waals surface area (Å²) in [4.78, 5) is 18.6. The fraction of sp³-hybridized carbons (Fsp3) is 0.455. The number of imidazole rings is 1. The Morgan fingerprint density at radius 3 is 2.75 bits per heavy atom. The van der Waals surface area contributed by atoms with Crippen LogP contribution in [-0.2, 0) is 20.0 Å². The molecule has 1 aliphatic rings. The van der Waals surface area contributed by atoms with Gasteiger partial charge in [0.1, 0.15) is 17.5 Å². The Kier molecular flexibility index (Phi) is 5.33. The lowest BCUT2D eigenvalue weighted by Crippen LogP contribution is -2.35. The summed E-state index contributed by atoms with van der Waals surface area (Å²) < 4.78 is 7.26. The van der Waals surface area contributed by atoms with Crippen LogP contribution in [-0.4, -0.2) is 32.6 Å². The molecule has 0 spiro atoms. The van der Waals surface area contributed by atoms with Crippen LogP contribution in [0.2, 0.25) is 0 Å². The van der Waals surface area contributed by atoms with Gasteiger partial charge in [0, 0.05) is 37.4 Å². The summed E-state index contributed by atoms with van der Waals surface area (Å²) in [6.45, 7) is 4.63. The number of aliphatic hydroxyl groups excluding tert-OH is 1. The molecule has 0 amide bonds. The van der Waals surface area contributed by atoms with Crippen molar-refractivity contribution in [2.24, 2.45) is 13.0 Å². The molecule has 6 heteroatoms. The minimum absolute atomic E-state index is 0.210. The SMILES string of the molecule is CCc1ccc2oc(=O)cc(CN3CCC([C@@H](O)c4nccn4C)CC3)c2c1. The van der Waals surface area contributed by atoms with E-state index in [1.165, 1.54) is 5.56 Å². The van der Waals surface area contributed by atoms with Crippen LogP contribution in [0.5, 0.6) is 0 Å². The Balaban J connectivity index is 1.48. The van der Waals surface area contributed by atoms with Gasteiger partial charge in [-0.2, -0.15) is 0 Å². The molecular formula is C22H27N3O3. The summed E-state index contributed by atoms with van der Waals surface area (Å²) in [6.07, 6.45) is 5.83. The van der Waals surface area contributed by atoms with Gasteiger partial charge in [-0.25, -0.2) is 9.78 Å². The number of aryl methyl sites for hydroxylation is 2. The van der Waals surface area contributed by atoms with Gasteiger partial charge in [0.15, 0.2) is 0 Å². The first-order chi connectivity index (χ1) is 13.5. The standard InChI is InChI=1S/C22H27N3O3/c1-3-15-4-5-19-18(12-15)17(13-20(26)28-19)14-25-9-6-16(7-10-25)21(27)22-23-8-11-24(22)2/h4-5,8,11-13,16,21,27H,3,6-7,9-10,14H2,1-2H3/t21-/m1/s1. The van der Waals surface area contributed by atoms with Crippen molar-refractivity contribution in [3.05, 3.63) is 64.0 Å². The van der Waals surface area contributed by atoms with Crippen molar-refractivity contribution in [3.8, 4) is 0 Å². The fourth-order valence-electron chi connectivity index (χ4n) is 4.17. The van der Waals surface area contributed by atoms with E-state index in [0.29, 0.717) is 5.58 Å². The third-order valence-electron chi connectivity index (χ3n) is 5.90. The lowest BCUT2D eigenvalue weighted by atomic mass is 9.90. The highest BCUT2D eigenvalue weighted by Gasteiger charge is 2.28. The van der Waals surface area contributed by atoms with Gasteiger partial charge >= 0.3 is 5.63 Å². The van der Waals surface area contributed by atoms with Gasteiger partial charge in [-0.15, -0.1) is 0 Å². The molecule has 1 fully saturated rings.